The molecule has 0 radical (unpaired) electrons. The summed E-state index contributed by atoms with van der Waals surface area (Å²) in [6, 6.07) is 7.09. The highest BCUT2D eigenvalue weighted by molar-refractivity contribution is 5.95. The summed E-state index contributed by atoms with van der Waals surface area (Å²) in [4.78, 5) is 40.1. The average molecular weight is 440 g/mol. The van der Waals surface area contributed by atoms with Gasteiger partial charge >= 0.3 is 0 Å². The third-order valence-corrected chi connectivity index (χ3v) is 5.60. The van der Waals surface area contributed by atoms with Crippen LogP contribution in [-0.4, -0.2) is 84.4 Å². The second-order valence-corrected chi connectivity index (χ2v) is 8.61. The van der Waals surface area contributed by atoms with Crippen LogP contribution >= 0.6 is 0 Å². The fourth-order valence-electron chi connectivity index (χ4n) is 3.75. The number of aromatic nitrogens is 2. The lowest BCUT2D eigenvalue weighted by atomic mass is 9.99. The number of rotatable bonds is 7. The Balaban J connectivity index is 1.75. The number of hydrogen-bond acceptors (Lipinski definition) is 6. The maximum absolute atomic E-state index is 13.3. The Bertz CT molecular complexity index is 943. The number of benzene rings is 1. The molecular weight excluding hydrogens is 406 g/mol. The van der Waals surface area contributed by atoms with Crippen molar-refractivity contribution in [3.63, 3.8) is 0 Å². The Morgan fingerprint density at radius 1 is 1.12 bits per heavy atom. The molecule has 1 saturated heterocycles. The lowest BCUT2D eigenvalue weighted by Crippen LogP contribution is -2.39. The fourth-order valence-corrected chi connectivity index (χ4v) is 3.75. The molecule has 1 fully saturated rings. The van der Waals surface area contributed by atoms with Crippen LogP contribution in [0.25, 0.3) is 0 Å². The number of nitrogens with zero attached hydrogens (tertiary/aromatic N) is 5. The Labute approximate surface area is 190 Å². The van der Waals surface area contributed by atoms with Crippen molar-refractivity contribution in [2.45, 2.75) is 32.2 Å². The first-order valence-electron chi connectivity index (χ1n) is 11.0. The molecule has 1 unspecified atom stereocenters. The van der Waals surface area contributed by atoms with Crippen LogP contribution in [0.4, 0.5) is 0 Å². The van der Waals surface area contributed by atoms with Gasteiger partial charge in [-0.25, -0.2) is 9.97 Å². The summed E-state index contributed by atoms with van der Waals surface area (Å²) in [6.07, 6.45) is 4.34. The monoisotopic (exact) mass is 439 g/mol. The Hall–Kier alpha value is -3.00. The third-order valence-electron chi connectivity index (χ3n) is 5.60. The predicted molar refractivity (Wildman–Crippen MR) is 123 cm³/mol. The van der Waals surface area contributed by atoms with E-state index in [-0.39, 0.29) is 17.9 Å². The molecule has 32 heavy (non-hydrogen) atoms. The summed E-state index contributed by atoms with van der Waals surface area (Å²) in [5.74, 6) is 1.18. The van der Waals surface area contributed by atoms with Crippen LogP contribution in [0.1, 0.15) is 57.5 Å². The van der Waals surface area contributed by atoms with Crippen molar-refractivity contribution in [3.8, 4) is 5.75 Å². The van der Waals surface area contributed by atoms with E-state index in [1.54, 1.807) is 20.3 Å². The van der Waals surface area contributed by atoms with Crippen molar-refractivity contribution in [1.82, 2.24) is 24.7 Å². The second kappa shape index (κ2) is 10.5. The molecule has 2 heterocycles. The van der Waals surface area contributed by atoms with Crippen LogP contribution in [0.15, 0.2) is 30.5 Å². The smallest absolute Gasteiger partial charge is 0.256 e. The number of carbonyl (C=O) groups is 2. The molecule has 1 aromatic heterocycles. The fraction of sp³-hybridized carbons (Fsp3) is 0.500. The van der Waals surface area contributed by atoms with Crippen molar-refractivity contribution in [2.24, 2.45) is 0 Å². The van der Waals surface area contributed by atoms with Gasteiger partial charge in [0.05, 0.1) is 17.3 Å². The highest BCUT2D eigenvalue weighted by Crippen LogP contribution is 2.31. The SMILES string of the molecule is Cc1nc(C2CCCCN2C(=O)c2ccc(OCCN(C)C)cc2)ncc1C(=O)N(C)C. The minimum Gasteiger partial charge on any atom is -0.492 e. The molecule has 0 aliphatic carbocycles. The third kappa shape index (κ3) is 5.62. The molecule has 0 bridgehead atoms. The predicted octanol–water partition coefficient (Wildman–Crippen LogP) is 2.79. The van der Waals surface area contributed by atoms with E-state index < -0.39 is 0 Å². The van der Waals surface area contributed by atoms with E-state index in [9.17, 15) is 9.59 Å². The topological polar surface area (TPSA) is 78.9 Å². The molecular formula is C24H33N5O3. The first kappa shape index (κ1) is 23.7. The Morgan fingerprint density at radius 2 is 1.84 bits per heavy atom. The van der Waals surface area contributed by atoms with Crippen molar-refractivity contribution >= 4 is 11.8 Å². The largest absolute Gasteiger partial charge is 0.492 e. The number of hydrogen-bond donors (Lipinski definition) is 0. The summed E-state index contributed by atoms with van der Waals surface area (Å²) in [7, 11) is 7.41. The summed E-state index contributed by atoms with van der Waals surface area (Å²) in [6.45, 7) is 3.89. The van der Waals surface area contributed by atoms with Crippen molar-refractivity contribution < 1.29 is 14.3 Å². The Morgan fingerprint density at radius 3 is 2.47 bits per heavy atom. The highest BCUT2D eigenvalue weighted by Gasteiger charge is 2.31. The molecule has 1 aliphatic rings. The summed E-state index contributed by atoms with van der Waals surface area (Å²) < 4.78 is 5.73. The average Bonchev–Trinajstić information content (AvgIpc) is 2.78. The van der Waals surface area contributed by atoms with Gasteiger partial charge < -0.3 is 19.4 Å². The number of likely N-dealkylation sites (tertiary alicyclic amines) is 1. The van der Waals surface area contributed by atoms with E-state index >= 15 is 0 Å². The second-order valence-electron chi connectivity index (χ2n) is 8.61. The van der Waals surface area contributed by atoms with Crippen molar-refractivity contribution in [2.75, 3.05) is 47.9 Å². The molecule has 0 saturated carbocycles. The lowest BCUT2D eigenvalue weighted by Gasteiger charge is -2.35. The van der Waals surface area contributed by atoms with Crippen LogP contribution in [0.3, 0.4) is 0 Å². The molecule has 2 aromatic rings. The number of likely N-dealkylation sites (N-methyl/N-ethyl adjacent to an activating group) is 1. The summed E-state index contributed by atoms with van der Waals surface area (Å²) >= 11 is 0. The van der Waals surface area contributed by atoms with E-state index in [1.807, 2.05) is 50.2 Å². The van der Waals surface area contributed by atoms with E-state index in [1.165, 1.54) is 4.90 Å². The highest BCUT2D eigenvalue weighted by atomic mass is 16.5. The van der Waals surface area contributed by atoms with Gasteiger partial charge in [0, 0.05) is 38.9 Å². The molecule has 1 atom stereocenters. The van der Waals surface area contributed by atoms with E-state index in [2.05, 4.69) is 14.9 Å². The zero-order valence-corrected chi connectivity index (χ0v) is 19.7. The number of aryl methyl sites for hydroxylation is 1. The molecule has 0 N–H and O–H groups in total. The van der Waals surface area contributed by atoms with Gasteiger partial charge in [-0.1, -0.05) is 0 Å². The van der Waals surface area contributed by atoms with Crippen molar-refractivity contribution in [1.29, 1.82) is 0 Å². The maximum Gasteiger partial charge on any atom is 0.256 e. The molecule has 1 aliphatic heterocycles. The lowest BCUT2D eigenvalue weighted by molar-refractivity contribution is 0.0598. The Kier molecular flexibility index (Phi) is 7.80. The van der Waals surface area contributed by atoms with Crippen LogP contribution < -0.4 is 4.74 Å². The minimum absolute atomic E-state index is 0.0377. The quantitative estimate of drug-likeness (QED) is 0.660. The van der Waals surface area contributed by atoms with Crippen LogP contribution in [0.5, 0.6) is 5.75 Å². The normalized spacial score (nSPS) is 16.2. The molecule has 8 nitrogen and oxygen atoms in total. The van der Waals surface area contributed by atoms with Crippen LogP contribution in [0.2, 0.25) is 0 Å². The van der Waals surface area contributed by atoms with Gasteiger partial charge in [0.2, 0.25) is 0 Å². The minimum atomic E-state index is -0.200. The number of amides is 2. The summed E-state index contributed by atoms with van der Waals surface area (Å²) in [5, 5.41) is 0. The molecule has 1 aromatic carbocycles. The van der Waals surface area contributed by atoms with Gasteiger partial charge in [-0.15, -0.1) is 0 Å². The zero-order chi connectivity index (χ0) is 23.3. The maximum atomic E-state index is 13.3. The van der Waals surface area contributed by atoms with Gasteiger partial charge in [0.25, 0.3) is 11.8 Å². The van der Waals surface area contributed by atoms with Crippen LogP contribution in [0, 0.1) is 6.92 Å². The summed E-state index contributed by atoms with van der Waals surface area (Å²) in [5.41, 5.74) is 1.73. The first-order valence-corrected chi connectivity index (χ1v) is 11.0. The van der Waals surface area contributed by atoms with E-state index in [4.69, 9.17) is 4.74 Å². The van der Waals surface area contributed by atoms with Gasteiger partial charge in [0.1, 0.15) is 12.4 Å². The van der Waals surface area contributed by atoms with Gasteiger partial charge in [-0.2, -0.15) is 0 Å². The molecule has 3 rings (SSSR count). The molecule has 8 heteroatoms. The first-order chi connectivity index (χ1) is 15.3. The van der Waals surface area contributed by atoms with Gasteiger partial charge in [0.15, 0.2) is 5.82 Å². The van der Waals surface area contributed by atoms with Gasteiger partial charge in [-0.3, -0.25) is 9.59 Å². The van der Waals surface area contributed by atoms with Gasteiger partial charge in [-0.05, 0) is 64.5 Å². The number of piperidine rings is 1. The molecule has 2 amide bonds. The number of ether oxygens (including phenoxy) is 1. The molecule has 0 spiro atoms. The van der Waals surface area contributed by atoms with E-state index in [0.29, 0.717) is 35.8 Å². The van der Waals surface area contributed by atoms with E-state index in [0.717, 1.165) is 31.6 Å². The molecule has 172 valence electrons. The van der Waals surface area contributed by atoms with Crippen LogP contribution in [-0.2, 0) is 0 Å². The number of carbonyl (C=O) groups excluding carboxylic acids is 2. The zero-order valence-electron chi connectivity index (χ0n) is 19.7. The standard InChI is InChI=1S/C24H33N5O3/c1-17-20(24(31)28(4)5)16-25-22(26-17)21-8-6-7-13-29(21)23(30)18-9-11-19(12-10-18)32-15-14-27(2)3/h9-12,16,21H,6-8,13-15H2,1-5H3. The van der Waals surface area contributed by atoms with Crippen molar-refractivity contribution in [3.05, 3.63) is 53.1 Å².